The standard InChI is InChI=1S/C22H23F4N2O.C5H6N2O2/c1-14-5-6-16(8-21(14)23)11-28-12-19-18(20(19)13-28)10-27-9-15-3-2-4-17(7-15)29-22(24,25)26;1-7-2-4(5(8)9)6-3-7/h2-8,18-20H,9-13H2,1H3;2-3H,1H3,(H,8,9)/q-1;. The molecule has 204 valence electrons. The van der Waals surface area contributed by atoms with Crippen LogP contribution in [0.15, 0.2) is 55.0 Å². The number of imidazole rings is 1. The van der Waals surface area contributed by atoms with Crippen molar-refractivity contribution in [1.29, 1.82) is 0 Å². The maximum absolute atomic E-state index is 13.7. The largest absolute Gasteiger partial charge is 0.658 e. The molecule has 0 radical (unpaired) electrons. The number of ether oxygens (including phenoxy) is 1. The molecule has 0 amide bonds. The zero-order valence-electron chi connectivity index (χ0n) is 21.0. The number of benzene rings is 2. The molecule has 0 bridgehead atoms. The summed E-state index contributed by atoms with van der Waals surface area (Å²) in [7, 11) is 1.72. The molecule has 11 heteroatoms. The zero-order valence-corrected chi connectivity index (χ0v) is 21.0. The van der Waals surface area contributed by atoms with Crippen molar-refractivity contribution < 1.29 is 32.2 Å². The first-order valence-corrected chi connectivity index (χ1v) is 12.1. The highest BCUT2D eigenvalue weighted by molar-refractivity contribution is 5.84. The molecule has 2 aromatic carbocycles. The van der Waals surface area contributed by atoms with Crippen LogP contribution in [-0.4, -0.2) is 51.5 Å². The highest BCUT2D eigenvalue weighted by atomic mass is 19.4. The number of aromatic carboxylic acids is 1. The van der Waals surface area contributed by atoms with Gasteiger partial charge < -0.3 is 19.7 Å². The third-order valence-electron chi connectivity index (χ3n) is 6.78. The van der Waals surface area contributed by atoms with Crippen LogP contribution in [0.1, 0.15) is 27.2 Å². The Morgan fingerprint density at radius 1 is 1.16 bits per heavy atom. The summed E-state index contributed by atoms with van der Waals surface area (Å²) >= 11 is 0. The summed E-state index contributed by atoms with van der Waals surface area (Å²) in [6, 6.07) is 11.4. The highest BCUT2D eigenvalue weighted by Crippen LogP contribution is 2.52. The fourth-order valence-corrected chi connectivity index (χ4v) is 4.84. The molecule has 2 aliphatic rings. The smallest absolute Gasteiger partial charge is 0.573 e. The Hall–Kier alpha value is -3.44. The van der Waals surface area contributed by atoms with Gasteiger partial charge in [-0.15, -0.1) is 26.3 Å². The first kappa shape index (κ1) is 27.6. The molecule has 1 saturated carbocycles. The number of aryl methyl sites for hydroxylation is 2. The topological polar surface area (TPSA) is 81.7 Å². The number of halogens is 4. The summed E-state index contributed by atoms with van der Waals surface area (Å²) in [6.07, 6.45) is -1.79. The number of fused-ring (bicyclic) bond motifs is 1. The van der Waals surface area contributed by atoms with Crippen LogP contribution < -0.4 is 4.74 Å². The second-order valence-corrected chi connectivity index (χ2v) is 9.76. The molecule has 1 aliphatic carbocycles. The van der Waals surface area contributed by atoms with E-state index >= 15 is 0 Å². The van der Waals surface area contributed by atoms with Crippen LogP contribution in [0.2, 0.25) is 0 Å². The summed E-state index contributed by atoms with van der Waals surface area (Å²) in [5.74, 6) is 0.430. The van der Waals surface area contributed by atoms with Crippen molar-refractivity contribution in [1.82, 2.24) is 14.5 Å². The molecule has 3 aromatic rings. The first-order chi connectivity index (χ1) is 18.0. The number of piperidine rings is 1. The van der Waals surface area contributed by atoms with Gasteiger partial charge in [0, 0.05) is 32.9 Å². The van der Waals surface area contributed by atoms with Crippen LogP contribution in [0.5, 0.6) is 5.75 Å². The normalized spacial score (nSPS) is 20.4. The number of hydrogen-bond acceptors (Lipinski definition) is 4. The van der Waals surface area contributed by atoms with Gasteiger partial charge in [0.05, 0.1) is 6.33 Å². The van der Waals surface area contributed by atoms with E-state index in [0.717, 1.165) is 31.7 Å². The Balaban J connectivity index is 0.000000317. The average Bonchev–Trinajstić information content (AvgIpc) is 3.14. The fourth-order valence-electron chi connectivity index (χ4n) is 4.84. The van der Waals surface area contributed by atoms with Gasteiger partial charge in [0.15, 0.2) is 5.69 Å². The van der Waals surface area contributed by atoms with Gasteiger partial charge in [0.1, 0.15) is 11.6 Å². The zero-order chi connectivity index (χ0) is 27.4. The van der Waals surface area contributed by atoms with Crippen molar-refractivity contribution >= 4 is 5.97 Å². The van der Waals surface area contributed by atoms with E-state index in [0.29, 0.717) is 35.4 Å². The molecule has 5 rings (SSSR count). The molecule has 2 atom stereocenters. The molecular weight excluding hydrogens is 504 g/mol. The van der Waals surface area contributed by atoms with Gasteiger partial charge in [-0.05, 0) is 48.1 Å². The van der Waals surface area contributed by atoms with E-state index in [1.807, 2.05) is 12.1 Å². The van der Waals surface area contributed by atoms with Crippen molar-refractivity contribution in [2.75, 3.05) is 19.6 Å². The first-order valence-electron chi connectivity index (χ1n) is 12.1. The summed E-state index contributed by atoms with van der Waals surface area (Å²) in [5.41, 5.74) is 2.45. The number of rotatable bonds is 8. The van der Waals surface area contributed by atoms with E-state index in [1.54, 1.807) is 36.7 Å². The second-order valence-electron chi connectivity index (χ2n) is 9.76. The molecule has 7 nitrogen and oxygen atoms in total. The molecule has 0 spiro atoms. The number of hydrogen-bond donors (Lipinski definition) is 1. The molecule has 1 saturated heterocycles. The van der Waals surface area contributed by atoms with Crippen LogP contribution in [0, 0.1) is 30.5 Å². The number of alkyl halides is 3. The van der Waals surface area contributed by atoms with E-state index in [9.17, 15) is 22.4 Å². The second kappa shape index (κ2) is 11.5. The third-order valence-corrected chi connectivity index (χ3v) is 6.78. The van der Waals surface area contributed by atoms with Crippen LogP contribution in [-0.2, 0) is 20.1 Å². The van der Waals surface area contributed by atoms with Crippen molar-refractivity contribution in [3.63, 3.8) is 0 Å². The van der Waals surface area contributed by atoms with E-state index < -0.39 is 12.3 Å². The van der Waals surface area contributed by atoms with Gasteiger partial charge >= 0.3 is 12.3 Å². The minimum absolute atomic E-state index is 0.0810. The maximum atomic E-state index is 13.7. The Kier molecular flexibility index (Phi) is 8.37. The number of carbonyl (C=O) groups is 1. The lowest BCUT2D eigenvalue weighted by Crippen LogP contribution is -2.24. The molecule has 1 N–H and O–H groups in total. The number of likely N-dealkylation sites (tertiary alicyclic amines) is 1. The summed E-state index contributed by atoms with van der Waals surface area (Å²) in [5, 5.41) is 12.9. The van der Waals surface area contributed by atoms with E-state index in [2.05, 4.69) is 19.9 Å². The molecule has 38 heavy (non-hydrogen) atoms. The summed E-state index contributed by atoms with van der Waals surface area (Å²) in [4.78, 5) is 16.1. The minimum Gasteiger partial charge on any atom is -0.658 e. The fraction of sp³-hybridized carbons (Fsp3) is 0.407. The van der Waals surface area contributed by atoms with Crippen LogP contribution in [0.3, 0.4) is 0 Å². The van der Waals surface area contributed by atoms with Crippen LogP contribution >= 0.6 is 0 Å². The Morgan fingerprint density at radius 2 is 1.89 bits per heavy atom. The highest BCUT2D eigenvalue weighted by Gasteiger charge is 2.52. The van der Waals surface area contributed by atoms with Gasteiger partial charge in [0.25, 0.3) is 0 Å². The SMILES string of the molecule is Cc1ccc(CN2CC3C(C[N-]Cc4cccc(OC(F)(F)F)c4)C3C2)cc1F.Cn1cnc(C(=O)O)c1. The predicted octanol–water partition coefficient (Wildman–Crippen LogP) is 5.40. The predicted molar refractivity (Wildman–Crippen MR) is 132 cm³/mol. The summed E-state index contributed by atoms with van der Waals surface area (Å²) < 4.78 is 56.2. The van der Waals surface area contributed by atoms with E-state index in [4.69, 9.17) is 5.11 Å². The Bertz CT molecular complexity index is 1250. The molecule has 1 aliphatic heterocycles. The molecule has 2 heterocycles. The quantitative estimate of drug-likeness (QED) is 0.392. The Labute approximate surface area is 218 Å². The molecule has 2 unspecified atom stereocenters. The summed E-state index contributed by atoms with van der Waals surface area (Å²) in [6.45, 7) is 5.63. The molecule has 2 fully saturated rings. The third kappa shape index (κ3) is 7.55. The Morgan fingerprint density at radius 3 is 2.47 bits per heavy atom. The lowest BCUT2D eigenvalue weighted by Gasteiger charge is -2.24. The number of carboxylic acids is 1. The number of carboxylic acid groups (broad SMARTS) is 1. The van der Waals surface area contributed by atoms with Crippen LogP contribution in [0.4, 0.5) is 17.6 Å². The van der Waals surface area contributed by atoms with Gasteiger partial charge in [-0.3, -0.25) is 4.90 Å². The lowest BCUT2D eigenvalue weighted by molar-refractivity contribution is -0.274. The van der Waals surface area contributed by atoms with Gasteiger partial charge in [-0.25, -0.2) is 14.2 Å². The van der Waals surface area contributed by atoms with E-state index in [1.165, 1.54) is 24.7 Å². The van der Waals surface area contributed by atoms with Gasteiger partial charge in [-0.1, -0.05) is 35.7 Å². The maximum Gasteiger partial charge on any atom is 0.573 e. The average molecular weight is 534 g/mol. The van der Waals surface area contributed by atoms with Gasteiger partial charge in [0.2, 0.25) is 0 Å². The van der Waals surface area contributed by atoms with Crippen molar-refractivity contribution in [2.45, 2.75) is 26.4 Å². The van der Waals surface area contributed by atoms with E-state index in [-0.39, 0.29) is 17.3 Å². The van der Waals surface area contributed by atoms with Crippen molar-refractivity contribution in [3.8, 4) is 5.75 Å². The van der Waals surface area contributed by atoms with Crippen LogP contribution in [0.25, 0.3) is 5.32 Å². The molecular formula is C27H29F4N4O3-. The number of aromatic nitrogens is 2. The van der Waals surface area contributed by atoms with Crippen molar-refractivity contribution in [2.24, 2.45) is 24.8 Å². The lowest BCUT2D eigenvalue weighted by atomic mass is 10.1. The molecule has 1 aromatic heterocycles. The van der Waals surface area contributed by atoms with Crippen molar-refractivity contribution in [3.05, 3.63) is 88.5 Å². The van der Waals surface area contributed by atoms with Gasteiger partial charge in [-0.2, -0.15) is 0 Å². The number of nitrogens with zero attached hydrogens (tertiary/aromatic N) is 4. The minimum atomic E-state index is -4.68. The monoisotopic (exact) mass is 533 g/mol.